The van der Waals surface area contributed by atoms with E-state index in [-0.39, 0.29) is 0 Å². The van der Waals surface area contributed by atoms with Crippen molar-refractivity contribution >= 4 is 6.09 Å². The normalized spacial score (nSPS) is 12.0. The monoisotopic (exact) mass is 232 g/mol. The molecule has 1 aromatic carbocycles. The van der Waals surface area contributed by atoms with Crippen LogP contribution in [0.25, 0.3) is 0 Å². The van der Waals surface area contributed by atoms with E-state index in [1.54, 1.807) is 12.4 Å². The Kier molecular flexibility index (Phi) is 3.34. The van der Waals surface area contributed by atoms with Gasteiger partial charge in [-0.2, -0.15) is 15.0 Å². The first kappa shape index (κ1) is 11.1. The molecule has 0 saturated carbocycles. The Morgan fingerprint density at radius 2 is 1.94 bits per heavy atom. The molecule has 1 atom stereocenters. The van der Waals surface area contributed by atoms with Crippen LogP contribution in [-0.4, -0.2) is 21.1 Å². The maximum atomic E-state index is 10.9. The first-order chi connectivity index (χ1) is 8.25. The van der Waals surface area contributed by atoms with E-state index in [0.29, 0.717) is 6.54 Å². The van der Waals surface area contributed by atoms with Gasteiger partial charge in [-0.1, -0.05) is 30.3 Å². The van der Waals surface area contributed by atoms with Crippen LogP contribution in [0.3, 0.4) is 0 Å². The second-order valence-electron chi connectivity index (χ2n) is 3.42. The number of primary amides is 1. The van der Waals surface area contributed by atoms with E-state index in [0.717, 1.165) is 5.56 Å². The lowest BCUT2D eigenvalue weighted by atomic mass is 10.1. The van der Waals surface area contributed by atoms with Gasteiger partial charge in [0.15, 0.2) is 0 Å². The summed E-state index contributed by atoms with van der Waals surface area (Å²) >= 11 is 0. The van der Waals surface area contributed by atoms with Crippen molar-refractivity contribution in [1.82, 2.24) is 15.0 Å². The molecule has 0 aliphatic rings. The highest BCUT2D eigenvalue weighted by Crippen LogP contribution is 2.18. The number of nitrogens with zero attached hydrogens (tertiary/aromatic N) is 3. The molecule has 1 unspecified atom stereocenters. The number of carbonyl (C=O) groups excluding carboxylic acids is 1. The summed E-state index contributed by atoms with van der Waals surface area (Å²) in [5.74, 6) is 0. The van der Waals surface area contributed by atoms with Crippen molar-refractivity contribution in [2.75, 3.05) is 0 Å². The van der Waals surface area contributed by atoms with Crippen molar-refractivity contribution in [3.63, 3.8) is 0 Å². The summed E-state index contributed by atoms with van der Waals surface area (Å²) in [6.45, 7) is 0.333. The van der Waals surface area contributed by atoms with Crippen molar-refractivity contribution in [2.45, 2.75) is 12.6 Å². The quantitative estimate of drug-likeness (QED) is 0.856. The first-order valence-electron chi connectivity index (χ1n) is 5.11. The van der Waals surface area contributed by atoms with E-state index >= 15 is 0 Å². The molecule has 2 N–H and O–H groups in total. The lowest BCUT2D eigenvalue weighted by Gasteiger charge is -2.16. The van der Waals surface area contributed by atoms with Crippen molar-refractivity contribution < 1.29 is 9.53 Å². The molecule has 1 amide bonds. The van der Waals surface area contributed by atoms with E-state index in [2.05, 4.69) is 10.2 Å². The highest BCUT2D eigenvalue weighted by atomic mass is 16.6. The van der Waals surface area contributed by atoms with E-state index in [9.17, 15) is 4.79 Å². The zero-order valence-corrected chi connectivity index (χ0v) is 9.06. The number of hydrogen-bond donors (Lipinski definition) is 1. The Morgan fingerprint density at radius 1 is 1.29 bits per heavy atom. The molecule has 0 aliphatic carbocycles. The average Bonchev–Trinajstić information content (AvgIpc) is 2.82. The van der Waals surface area contributed by atoms with Gasteiger partial charge in [0.25, 0.3) is 0 Å². The van der Waals surface area contributed by atoms with Gasteiger partial charge in [0.1, 0.15) is 12.6 Å². The predicted molar refractivity (Wildman–Crippen MR) is 59.9 cm³/mol. The zero-order chi connectivity index (χ0) is 12.1. The molecule has 0 fully saturated rings. The second kappa shape index (κ2) is 5.11. The fourth-order valence-corrected chi connectivity index (χ4v) is 1.50. The van der Waals surface area contributed by atoms with E-state index < -0.39 is 12.2 Å². The first-order valence-corrected chi connectivity index (χ1v) is 5.11. The van der Waals surface area contributed by atoms with Gasteiger partial charge in [0, 0.05) is 0 Å². The summed E-state index contributed by atoms with van der Waals surface area (Å²) in [5, 5.41) is 7.92. The smallest absolute Gasteiger partial charge is 0.405 e. The third-order valence-electron chi connectivity index (χ3n) is 2.23. The number of ether oxygens (including phenoxy) is 1. The molecule has 1 heterocycles. The van der Waals surface area contributed by atoms with Gasteiger partial charge in [0.05, 0.1) is 12.4 Å². The molecule has 0 aliphatic heterocycles. The van der Waals surface area contributed by atoms with Crippen LogP contribution < -0.4 is 5.73 Å². The van der Waals surface area contributed by atoms with Gasteiger partial charge in [-0.15, -0.1) is 0 Å². The third kappa shape index (κ3) is 3.04. The number of rotatable bonds is 4. The van der Waals surface area contributed by atoms with Crippen molar-refractivity contribution in [1.29, 1.82) is 0 Å². The van der Waals surface area contributed by atoms with Crippen LogP contribution >= 0.6 is 0 Å². The Labute approximate surface area is 98.0 Å². The highest BCUT2D eigenvalue weighted by molar-refractivity contribution is 5.65. The molecule has 2 aromatic rings. The third-order valence-corrected chi connectivity index (χ3v) is 2.23. The molecular weight excluding hydrogens is 220 g/mol. The van der Waals surface area contributed by atoms with E-state index in [4.69, 9.17) is 10.5 Å². The van der Waals surface area contributed by atoms with Crippen LogP contribution in [0.1, 0.15) is 11.7 Å². The van der Waals surface area contributed by atoms with Gasteiger partial charge >= 0.3 is 6.09 Å². The topological polar surface area (TPSA) is 83.0 Å². The lowest BCUT2D eigenvalue weighted by molar-refractivity contribution is 0.0904. The minimum Gasteiger partial charge on any atom is -0.439 e. The molecule has 88 valence electrons. The highest BCUT2D eigenvalue weighted by Gasteiger charge is 2.16. The van der Waals surface area contributed by atoms with Gasteiger partial charge in [-0.05, 0) is 5.56 Å². The fourth-order valence-electron chi connectivity index (χ4n) is 1.50. The minimum absolute atomic E-state index is 0.333. The molecule has 6 heteroatoms. The Morgan fingerprint density at radius 3 is 2.53 bits per heavy atom. The van der Waals surface area contributed by atoms with Crippen molar-refractivity contribution in [3.8, 4) is 0 Å². The van der Waals surface area contributed by atoms with Crippen molar-refractivity contribution in [2.24, 2.45) is 5.73 Å². The summed E-state index contributed by atoms with van der Waals surface area (Å²) in [5.41, 5.74) is 5.90. The number of nitrogens with two attached hydrogens (primary N) is 1. The summed E-state index contributed by atoms with van der Waals surface area (Å²) in [6.07, 6.45) is 1.82. The SMILES string of the molecule is NC(=O)OC(Cn1nccn1)c1ccccc1. The van der Waals surface area contributed by atoms with Crippen LogP contribution in [-0.2, 0) is 11.3 Å². The van der Waals surface area contributed by atoms with Gasteiger partial charge < -0.3 is 10.5 Å². The number of benzene rings is 1. The Hall–Kier alpha value is -2.37. The van der Waals surface area contributed by atoms with Gasteiger partial charge in [-0.25, -0.2) is 4.79 Å². The molecule has 1 aromatic heterocycles. The summed E-state index contributed by atoms with van der Waals surface area (Å²) in [6, 6.07) is 9.33. The van der Waals surface area contributed by atoms with Crippen LogP contribution in [0.5, 0.6) is 0 Å². The zero-order valence-electron chi connectivity index (χ0n) is 9.06. The number of aromatic nitrogens is 3. The van der Waals surface area contributed by atoms with Crippen LogP contribution in [0.2, 0.25) is 0 Å². The fraction of sp³-hybridized carbons (Fsp3) is 0.182. The minimum atomic E-state index is -0.814. The maximum absolute atomic E-state index is 10.9. The molecule has 2 rings (SSSR count). The average molecular weight is 232 g/mol. The molecule has 0 bridgehead atoms. The van der Waals surface area contributed by atoms with Gasteiger partial charge in [-0.3, -0.25) is 0 Å². The number of carbonyl (C=O) groups is 1. The molecule has 17 heavy (non-hydrogen) atoms. The largest absolute Gasteiger partial charge is 0.439 e. The van der Waals surface area contributed by atoms with Gasteiger partial charge in [0.2, 0.25) is 0 Å². The summed E-state index contributed by atoms with van der Waals surface area (Å²) in [4.78, 5) is 12.3. The number of amides is 1. The van der Waals surface area contributed by atoms with Crippen LogP contribution in [0.15, 0.2) is 42.7 Å². The maximum Gasteiger partial charge on any atom is 0.405 e. The standard InChI is InChI=1S/C11H12N4O2/c12-11(16)17-10(8-15-13-6-7-14-15)9-4-2-1-3-5-9/h1-7,10H,8H2,(H2,12,16). The number of hydrogen-bond acceptors (Lipinski definition) is 4. The van der Waals surface area contributed by atoms with Crippen LogP contribution in [0.4, 0.5) is 4.79 Å². The second-order valence-corrected chi connectivity index (χ2v) is 3.42. The Balaban J connectivity index is 2.16. The van der Waals surface area contributed by atoms with E-state index in [1.165, 1.54) is 4.80 Å². The van der Waals surface area contributed by atoms with Crippen LogP contribution in [0, 0.1) is 0 Å². The predicted octanol–water partition coefficient (Wildman–Crippen LogP) is 1.11. The van der Waals surface area contributed by atoms with E-state index in [1.807, 2.05) is 30.3 Å². The molecule has 0 spiro atoms. The Bertz CT molecular complexity index is 469. The lowest BCUT2D eigenvalue weighted by Crippen LogP contribution is -2.21. The molecule has 0 radical (unpaired) electrons. The summed E-state index contributed by atoms with van der Waals surface area (Å²) in [7, 11) is 0. The summed E-state index contributed by atoms with van der Waals surface area (Å²) < 4.78 is 5.05. The van der Waals surface area contributed by atoms with Crippen molar-refractivity contribution in [3.05, 3.63) is 48.3 Å². The molecule has 0 saturated heterocycles. The molecule has 6 nitrogen and oxygen atoms in total. The molecular formula is C11H12N4O2.